The number of aromatic nitrogens is 1. The number of aryl methyl sites for hydroxylation is 2. The van der Waals surface area contributed by atoms with Crippen LogP contribution in [0, 0.1) is 0 Å². The van der Waals surface area contributed by atoms with E-state index in [2.05, 4.69) is 12.4 Å². The quantitative estimate of drug-likeness (QED) is 0.832. The number of hydrogen-bond acceptors (Lipinski definition) is 3. The Morgan fingerprint density at radius 2 is 2.00 bits per heavy atom. The number of nitrogens with one attached hydrogen (secondary N) is 1. The van der Waals surface area contributed by atoms with Crippen molar-refractivity contribution in [2.45, 2.75) is 50.5 Å². The zero-order chi connectivity index (χ0) is 10.3. The van der Waals surface area contributed by atoms with Crippen molar-refractivity contribution in [1.82, 2.24) is 10.3 Å². The maximum Gasteiger partial charge on any atom is 0.113 e. The van der Waals surface area contributed by atoms with Gasteiger partial charge in [0.25, 0.3) is 0 Å². The first-order chi connectivity index (χ1) is 7.34. The fraction of sp³-hybridized carbons (Fsp3) is 0.750. The summed E-state index contributed by atoms with van der Waals surface area (Å²) >= 11 is 1.97. The molecule has 1 aromatic heterocycles. The molecule has 0 amide bonds. The van der Waals surface area contributed by atoms with Gasteiger partial charge in [0.2, 0.25) is 0 Å². The van der Waals surface area contributed by atoms with E-state index in [0.29, 0.717) is 0 Å². The molecule has 0 saturated heterocycles. The summed E-state index contributed by atoms with van der Waals surface area (Å²) in [4.78, 5) is 6.43. The molecule has 0 atom stereocenters. The first-order valence-corrected chi connectivity index (χ1v) is 6.84. The third kappa shape index (κ3) is 1.44. The van der Waals surface area contributed by atoms with E-state index in [4.69, 9.17) is 4.98 Å². The second-order valence-electron chi connectivity index (χ2n) is 4.78. The molecule has 1 saturated carbocycles. The predicted octanol–water partition coefficient (Wildman–Crippen LogP) is 2.62. The van der Waals surface area contributed by atoms with Gasteiger partial charge in [0.05, 0.1) is 11.2 Å². The molecule has 0 radical (unpaired) electrons. The van der Waals surface area contributed by atoms with E-state index in [9.17, 15) is 0 Å². The number of thiazole rings is 1. The Morgan fingerprint density at radius 3 is 2.67 bits per heavy atom. The molecular formula is C12H18N2S. The molecule has 0 bridgehead atoms. The molecule has 0 aliphatic heterocycles. The van der Waals surface area contributed by atoms with Crippen molar-refractivity contribution in [3.63, 3.8) is 0 Å². The van der Waals surface area contributed by atoms with Crippen LogP contribution in [0.25, 0.3) is 0 Å². The van der Waals surface area contributed by atoms with Crippen LogP contribution >= 0.6 is 11.3 Å². The van der Waals surface area contributed by atoms with Crippen LogP contribution in [0.3, 0.4) is 0 Å². The largest absolute Gasteiger partial charge is 0.308 e. The maximum absolute atomic E-state index is 4.87. The number of rotatable bonds is 2. The molecule has 3 heteroatoms. The fourth-order valence-electron chi connectivity index (χ4n) is 2.94. The minimum atomic E-state index is 0.231. The highest BCUT2D eigenvalue weighted by atomic mass is 32.1. The summed E-state index contributed by atoms with van der Waals surface area (Å²) in [7, 11) is 2.10. The molecule has 1 fully saturated rings. The van der Waals surface area contributed by atoms with Gasteiger partial charge in [-0.15, -0.1) is 11.3 Å². The number of hydrogen-bond donors (Lipinski definition) is 1. The first kappa shape index (κ1) is 9.79. The van der Waals surface area contributed by atoms with Gasteiger partial charge in [0.1, 0.15) is 5.01 Å². The SMILES string of the molecule is CNC1(c2nc3c(s2)CCC3)CCCC1. The molecule has 82 valence electrons. The molecule has 1 aromatic rings. The van der Waals surface area contributed by atoms with Gasteiger partial charge >= 0.3 is 0 Å². The summed E-state index contributed by atoms with van der Waals surface area (Å²) in [5.41, 5.74) is 1.63. The van der Waals surface area contributed by atoms with Gasteiger partial charge < -0.3 is 5.32 Å². The molecule has 2 aliphatic rings. The molecule has 0 unspecified atom stereocenters. The normalized spacial score (nSPS) is 23.3. The monoisotopic (exact) mass is 222 g/mol. The summed E-state index contributed by atoms with van der Waals surface area (Å²) in [6.45, 7) is 0. The summed E-state index contributed by atoms with van der Waals surface area (Å²) in [6, 6.07) is 0. The minimum Gasteiger partial charge on any atom is -0.308 e. The Hall–Kier alpha value is -0.410. The predicted molar refractivity (Wildman–Crippen MR) is 63.3 cm³/mol. The van der Waals surface area contributed by atoms with Crippen molar-refractivity contribution in [3.8, 4) is 0 Å². The van der Waals surface area contributed by atoms with Crippen molar-refractivity contribution in [1.29, 1.82) is 0 Å². The van der Waals surface area contributed by atoms with Crippen molar-refractivity contribution in [2.75, 3.05) is 7.05 Å². The lowest BCUT2D eigenvalue weighted by Gasteiger charge is -2.25. The van der Waals surface area contributed by atoms with Crippen molar-refractivity contribution in [2.24, 2.45) is 0 Å². The van der Waals surface area contributed by atoms with E-state index in [-0.39, 0.29) is 5.54 Å². The van der Waals surface area contributed by atoms with Crippen molar-refractivity contribution < 1.29 is 0 Å². The van der Waals surface area contributed by atoms with Gasteiger partial charge in [0, 0.05) is 4.88 Å². The highest BCUT2D eigenvalue weighted by Gasteiger charge is 2.37. The van der Waals surface area contributed by atoms with Gasteiger partial charge in [-0.05, 0) is 39.2 Å². The molecular weight excluding hydrogens is 204 g/mol. The van der Waals surface area contributed by atoms with E-state index >= 15 is 0 Å². The maximum atomic E-state index is 4.87. The van der Waals surface area contributed by atoms with Gasteiger partial charge in [-0.1, -0.05) is 12.8 Å². The van der Waals surface area contributed by atoms with Crippen LogP contribution in [0.1, 0.15) is 47.7 Å². The van der Waals surface area contributed by atoms with Gasteiger partial charge in [-0.3, -0.25) is 0 Å². The molecule has 0 aromatic carbocycles. The average molecular weight is 222 g/mol. The van der Waals surface area contributed by atoms with Crippen LogP contribution < -0.4 is 5.32 Å². The standard InChI is InChI=1S/C12H18N2S/c1-13-12(7-2-3-8-12)11-14-9-5-4-6-10(9)15-11/h13H,2-8H2,1H3. The summed E-state index contributed by atoms with van der Waals surface area (Å²) in [6.07, 6.45) is 9.06. The second-order valence-corrected chi connectivity index (χ2v) is 5.87. The lowest BCUT2D eigenvalue weighted by atomic mass is 9.99. The number of fused-ring (bicyclic) bond motifs is 1. The lowest BCUT2D eigenvalue weighted by molar-refractivity contribution is 0.370. The van der Waals surface area contributed by atoms with E-state index in [1.54, 1.807) is 4.88 Å². The topological polar surface area (TPSA) is 24.9 Å². The van der Waals surface area contributed by atoms with Crippen molar-refractivity contribution in [3.05, 3.63) is 15.6 Å². The lowest BCUT2D eigenvalue weighted by Crippen LogP contribution is -2.36. The number of nitrogens with zero attached hydrogens (tertiary/aromatic N) is 1. The highest BCUT2D eigenvalue weighted by Crippen LogP contribution is 2.42. The molecule has 15 heavy (non-hydrogen) atoms. The molecule has 0 spiro atoms. The summed E-state index contributed by atoms with van der Waals surface area (Å²) in [5, 5.41) is 4.90. The van der Waals surface area contributed by atoms with E-state index in [0.717, 1.165) is 0 Å². The highest BCUT2D eigenvalue weighted by molar-refractivity contribution is 7.12. The van der Waals surface area contributed by atoms with Crippen molar-refractivity contribution >= 4 is 11.3 Å². The Balaban J connectivity index is 1.97. The third-order valence-corrected chi connectivity index (χ3v) is 5.30. The fourth-order valence-corrected chi connectivity index (χ4v) is 4.35. The Bertz CT molecular complexity index is 342. The average Bonchev–Trinajstić information content (AvgIpc) is 2.92. The Morgan fingerprint density at radius 1 is 1.20 bits per heavy atom. The summed E-state index contributed by atoms with van der Waals surface area (Å²) in [5.74, 6) is 0. The molecule has 3 rings (SSSR count). The zero-order valence-electron chi connectivity index (χ0n) is 9.31. The van der Waals surface area contributed by atoms with Crippen LogP contribution in [-0.4, -0.2) is 12.0 Å². The van der Waals surface area contributed by atoms with Crippen LogP contribution in [-0.2, 0) is 18.4 Å². The smallest absolute Gasteiger partial charge is 0.113 e. The van der Waals surface area contributed by atoms with Gasteiger partial charge in [-0.2, -0.15) is 0 Å². The Kier molecular flexibility index (Phi) is 2.33. The molecule has 1 heterocycles. The van der Waals surface area contributed by atoms with E-state index in [1.165, 1.54) is 55.6 Å². The zero-order valence-corrected chi connectivity index (χ0v) is 10.1. The molecule has 2 nitrogen and oxygen atoms in total. The van der Waals surface area contributed by atoms with E-state index in [1.807, 2.05) is 11.3 Å². The van der Waals surface area contributed by atoms with Gasteiger partial charge in [0.15, 0.2) is 0 Å². The summed E-state index contributed by atoms with van der Waals surface area (Å²) < 4.78 is 0. The van der Waals surface area contributed by atoms with Crippen LogP contribution in [0.15, 0.2) is 0 Å². The third-order valence-electron chi connectivity index (χ3n) is 3.94. The van der Waals surface area contributed by atoms with Crippen LogP contribution in [0.5, 0.6) is 0 Å². The molecule has 2 aliphatic carbocycles. The van der Waals surface area contributed by atoms with E-state index < -0.39 is 0 Å². The first-order valence-electron chi connectivity index (χ1n) is 6.02. The molecule has 1 N–H and O–H groups in total. The Labute approximate surface area is 95.1 Å². The second kappa shape index (κ2) is 3.56. The van der Waals surface area contributed by atoms with Crippen LogP contribution in [0.2, 0.25) is 0 Å². The van der Waals surface area contributed by atoms with Crippen LogP contribution in [0.4, 0.5) is 0 Å². The minimum absolute atomic E-state index is 0.231. The van der Waals surface area contributed by atoms with Gasteiger partial charge in [-0.25, -0.2) is 4.98 Å².